The van der Waals surface area contributed by atoms with E-state index in [1.54, 1.807) is 0 Å². The zero-order chi connectivity index (χ0) is 14.0. The summed E-state index contributed by atoms with van der Waals surface area (Å²) >= 11 is 0. The van der Waals surface area contributed by atoms with E-state index in [0.717, 1.165) is 19.0 Å². The van der Waals surface area contributed by atoms with E-state index in [4.69, 9.17) is 4.74 Å². The van der Waals surface area contributed by atoms with Crippen LogP contribution in [0.1, 0.15) is 53.9 Å². The minimum atomic E-state index is 0.0953. The van der Waals surface area contributed by atoms with E-state index in [1.165, 1.54) is 25.8 Å². The highest BCUT2D eigenvalue weighted by atomic mass is 16.5. The van der Waals surface area contributed by atoms with E-state index in [-0.39, 0.29) is 5.60 Å². The molecule has 2 fully saturated rings. The van der Waals surface area contributed by atoms with Gasteiger partial charge in [-0.15, -0.1) is 0 Å². The fraction of sp³-hybridized carbons (Fsp3) is 1.00. The Morgan fingerprint density at radius 3 is 2.74 bits per heavy atom. The first-order valence-electron chi connectivity index (χ1n) is 8.06. The Hall–Kier alpha value is -0.120. The molecule has 0 aromatic carbocycles. The number of hydrogen-bond donors (Lipinski definition) is 1. The average molecular weight is 268 g/mol. The summed E-state index contributed by atoms with van der Waals surface area (Å²) in [6, 6.07) is 1.28. The number of rotatable bonds is 4. The minimum Gasteiger partial charge on any atom is -0.371 e. The standard InChI is InChI=1S/C16H32N2O/c1-6-12(2)15-11-18(13(3)9-17-15)10-14-7-8-16(4,5)19-14/h12-15,17H,6-11H2,1-5H3. The Balaban J connectivity index is 1.87. The van der Waals surface area contributed by atoms with Crippen LogP contribution in [0.15, 0.2) is 0 Å². The van der Waals surface area contributed by atoms with Gasteiger partial charge in [0.15, 0.2) is 0 Å². The van der Waals surface area contributed by atoms with Gasteiger partial charge in [-0.3, -0.25) is 4.90 Å². The highest BCUT2D eigenvalue weighted by Crippen LogP contribution is 2.30. The van der Waals surface area contributed by atoms with Crippen LogP contribution >= 0.6 is 0 Å². The minimum absolute atomic E-state index is 0.0953. The molecule has 0 aromatic heterocycles. The summed E-state index contributed by atoms with van der Waals surface area (Å²) in [6.45, 7) is 14.8. The smallest absolute Gasteiger partial charge is 0.0710 e. The third kappa shape index (κ3) is 3.93. The zero-order valence-electron chi connectivity index (χ0n) is 13.4. The van der Waals surface area contributed by atoms with Crippen LogP contribution in [-0.4, -0.2) is 48.3 Å². The molecular formula is C16H32N2O. The molecule has 19 heavy (non-hydrogen) atoms. The van der Waals surface area contributed by atoms with Crippen LogP contribution in [0.5, 0.6) is 0 Å². The molecule has 2 heterocycles. The Labute approximate surface area is 119 Å². The molecule has 3 nitrogen and oxygen atoms in total. The lowest BCUT2D eigenvalue weighted by atomic mass is 9.95. The van der Waals surface area contributed by atoms with Crippen molar-refractivity contribution >= 4 is 0 Å². The first-order valence-corrected chi connectivity index (χ1v) is 8.06. The summed E-state index contributed by atoms with van der Waals surface area (Å²) in [5.41, 5.74) is 0.0953. The lowest BCUT2D eigenvalue weighted by Gasteiger charge is -2.42. The van der Waals surface area contributed by atoms with Crippen LogP contribution in [0.4, 0.5) is 0 Å². The summed E-state index contributed by atoms with van der Waals surface area (Å²) in [7, 11) is 0. The van der Waals surface area contributed by atoms with E-state index in [9.17, 15) is 0 Å². The maximum Gasteiger partial charge on any atom is 0.0710 e. The van der Waals surface area contributed by atoms with E-state index in [1.807, 2.05) is 0 Å². The molecule has 4 unspecified atom stereocenters. The molecule has 2 saturated heterocycles. The Morgan fingerprint density at radius 2 is 2.16 bits per heavy atom. The zero-order valence-corrected chi connectivity index (χ0v) is 13.4. The molecule has 2 aliphatic heterocycles. The molecule has 112 valence electrons. The number of ether oxygens (including phenoxy) is 1. The van der Waals surface area contributed by atoms with Crippen LogP contribution in [0.2, 0.25) is 0 Å². The average Bonchev–Trinajstić information content (AvgIpc) is 2.70. The number of nitrogens with one attached hydrogen (secondary N) is 1. The lowest BCUT2D eigenvalue weighted by Crippen LogP contribution is -2.58. The second-order valence-electron chi connectivity index (χ2n) is 7.24. The van der Waals surface area contributed by atoms with Crippen LogP contribution in [0.25, 0.3) is 0 Å². The molecule has 0 aliphatic carbocycles. The molecule has 0 saturated carbocycles. The lowest BCUT2D eigenvalue weighted by molar-refractivity contribution is -0.0385. The molecule has 3 heteroatoms. The SMILES string of the molecule is CCC(C)C1CN(CC2CCC(C)(C)O2)C(C)CN1. The van der Waals surface area contributed by atoms with Gasteiger partial charge in [0.05, 0.1) is 11.7 Å². The first-order chi connectivity index (χ1) is 8.91. The third-order valence-corrected chi connectivity index (χ3v) is 5.05. The third-order valence-electron chi connectivity index (χ3n) is 5.05. The summed E-state index contributed by atoms with van der Waals surface area (Å²) in [6.07, 6.45) is 4.12. The van der Waals surface area contributed by atoms with Gasteiger partial charge in [-0.25, -0.2) is 0 Å². The Bertz CT molecular complexity index is 292. The number of nitrogens with zero attached hydrogens (tertiary/aromatic N) is 1. The van der Waals surface area contributed by atoms with Gasteiger partial charge in [0.2, 0.25) is 0 Å². The van der Waals surface area contributed by atoms with Crippen LogP contribution < -0.4 is 5.32 Å². The summed E-state index contributed by atoms with van der Waals surface area (Å²) in [5, 5.41) is 3.71. The van der Waals surface area contributed by atoms with Gasteiger partial charge in [-0.2, -0.15) is 0 Å². The van der Waals surface area contributed by atoms with E-state index >= 15 is 0 Å². The largest absolute Gasteiger partial charge is 0.371 e. The molecule has 1 N–H and O–H groups in total. The first kappa shape index (κ1) is 15.3. The molecule has 0 amide bonds. The fourth-order valence-electron chi connectivity index (χ4n) is 3.34. The number of piperazine rings is 1. The monoisotopic (exact) mass is 268 g/mol. The maximum atomic E-state index is 6.16. The second-order valence-corrected chi connectivity index (χ2v) is 7.24. The highest BCUT2D eigenvalue weighted by molar-refractivity contribution is 4.89. The van der Waals surface area contributed by atoms with Gasteiger partial charge < -0.3 is 10.1 Å². The summed E-state index contributed by atoms with van der Waals surface area (Å²) in [4.78, 5) is 2.64. The molecule has 0 aromatic rings. The number of hydrogen-bond acceptors (Lipinski definition) is 3. The summed E-state index contributed by atoms with van der Waals surface area (Å²) in [5.74, 6) is 0.760. The van der Waals surface area contributed by atoms with Crippen molar-refractivity contribution in [3.05, 3.63) is 0 Å². The molecule has 0 bridgehead atoms. The van der Waals surface area contributed by atoms with Crippen molar-refractivity contribution in [2.75, 3.05) is 19.6 Å². The Kier molecular flexibility index (Phi) is 4.91. The van der Waals surface area contributed by atoms with Gasteiger partial charge in [-0.05, 0) is 39.5 Å². The second kappa shape index (κ2) is 6.11. The maximum absolute atomic E-state index is 6.16. The van der Waals surface area contributed by atoms with Crippen molar-refractivity contribution in [2.24, 2.45) is 5.92 Å². The quantitative estimate of drug-likeness (QED) is 0.848. The predicted octanol–water partition coefficient (Wildman–Crippen LogP) is 2.65. The van der Waals surface area contributed by atoms with Crippen molar-refractivity contribution in [3.8, 4) is 0 Å². The van der Waals surface area contributed by atoms with E-state index in [2.05, 4.69) is 44.8 Å². The van der Waals surface area contributed by atoms with Crippen molar-refractivity contribution in [1.82, 2.24) is 10.2 Å². The van der Waals surface area contributed by atoms with Crippen molar-refractivity contribution in [1.29, 1.82) is 0 Å². The van der Waals surface area contributed by atoms with Gasteiger partial charge in [0.25, 0.3) is 0 Å². The summed E-state index contributed by atoms with van der Waals surface area (Å²) < 4.78 is 6.16. The van der Waals surface area contributed by atoms with Crippen LogP contribution in [-0.2, 0) is 4.74 Å². The molecule has 4 atom stereocenters. The topological polar surface area (TPSA) is 24.5 Å². The van der Waals surface area contributed by atoms with Crippen molar-refractivity contribution < 1.29 is 4.74 Å². The van der Waals surface area contributed by atoms with E-state index < -0.39 is 0 Å². The van der Waals surface area contributed by atoms with Crippen LogP contribution in [0, 0.1) is 5.92 Å². The van der Waals surface area contributed by atoms with Crippen LogP contribution in [0.3, 0.4) is 0 Å². The molecular weight excluding hydrogens is 236 g/mol. The normalized spacial score (nSPS) is 37.4. The predicted molar refractivity (Wildman–Crippen MR) is 80.5 cm³/mol. The van der Waals surface area contributed by atoms with E-state index in [0.29, 0.717) is 18.2 Å². The molecule has 0 spiro atoms. The van der Waals surface area contributed by atoms with Gasteiger partial charge in [0, 0.05) is 31.7 Å². The van der Waals surface area contributed by atoms with Gasteiger partial charge >= 0.3 is 0 Å². The van der Waals surface area contributed by atoms with Crippen molar-refractivity contribution in [2.45, 2.75) is 77.7 Å². The fourth-order valence-corrected chi connectivity index (χ4v) is 3.34. The molecule has 2 rings (SSSR count). The molecule has 2 aliphatic rings. The van der Waals surface area contributed by atoms with Gasteiger partial charge in [0.1, 0.15) is 0 Å². The highest BCUT2D eigenvalue weighted by Gasteiger charge is 2.35. The Morgan fingerprint density at radius 1 is 1.42 bits per heavy atom. The molecule has 0 radical (unpaired) electrons. The van der Waals surface area contributed by atoms with Crippen molar-refractivity contribution in [3.63, 3.8) is 0 Å². The van der Waals surface area contributed by atoms with Gasteiger partial charge in [-0.1, -0.05) is 20.3 Å².